The van der Waals surface area contributed by atoms with E-state index in [1.807, 2.05) is 59.3 Å². The molecule has 0 saturated carbocycles. The van der Waals surface area contributed by atoms with Crippen LogP contribution in [-0.4, -0.2) is 69.4 Å². The van der Waals surface area contributed by atoms with Gasteiger partial charge in [0.2, 0.25) is 0 Å². The monoisotopic (exact) mass is 798 g/mol. The van der Waals surface area contributed by atoms with E-state index in [0.29, 0.717) is 46.8 Å². The molecule has 0 aliphatic rings. The van der Waals surface area contributed by atoms with Crippen molar-refractivity contribution in [1.29, 1.82) is 0 Å². The van der Waals surface area contributed by atoms with Crippen molar-refractivity contribution >= 4 is 56.7 Å². The number of hydrogen-bond donors (Lipinski definition) is 6. The predicted octanol–water partition coefficient (Wildman–Crippen LogP) is 6.10. The molecule has 286 valence electrons. The summed E-state index contributed by atoms with van der Waals surface area (Å²) < 4.78 is 69.5. The van der Waals surface area contributed by atoms with Crippen LogP contribution in [0, 0.1) is 0 Å². The molecule has 5 aromatic rings. The second-order valence-electron chi connectivity index (χ2n) is 10.3. The summed E-state index contributed by atoms with van der Waals surface area (Å²) in [6, 6.07) is 22.0. The Hall–Kier alpha value is -6.22. The number of carbonyl (C=O) groups excluding carboxylic acids is 2. The zero-order chi connectivity index (χ0) is 40.1. The van der Waals surface area contributed by atoms with Gasteiger partial charge in [0.25, 0.3) is 11.8 Å². The normalized spacial score (nSPS) is 10.9. The Balaban J connectivity index is 0.000000476. The van der Waals surface area contributed by atoms with Gasteiger partial charge in [-0.05, 0) is 42.0 Å². The van der Waals surface area contributed by atoms with E-state index < -0.39 is 24.3 Å². The van der Waals surface area contributed by atoms with Crippen LogP contribution in [0.5, 0.6) is 5.75 Å². The third-order valence-electron chi connectivity index (χ3n) is 6.44. The molecule has 5 rings (SSSR count). The minimum atomic E-state index is -5.08. The first-order chi connectivity index (χ1) is 25.3. The van der Waals surface area contributed by atoms with Crippen LogP contribution < -0.4 is 26.8 Å². The molecule has 2 aromatic heterocycles. The molecule has 0 fully saturated rings. The van der Waals surface area contributed by atoms with E-state index in [0.717, 1.165) is 28.1 Å². The second kappa shape index (κ2) is 19.0. The van der Waals surface area contributed by atoms with Crippen molar-refractivity contribution in [3.8, 4) is 28.3 Å². The topological polar surface area (TPSA) is 220 Å². The fourth-order valence-electron chi connectivity index (χ4n) is 3.90. The minimum Gasteiger partial charge on any atom is -0.488 e. The van der Waals surface area contributed by atoms with Gasteiger partial charge in [-0.2, -0.15) is 26.3 Å². The van der Waals surface area contributed by atoms with E-state index in [9.17, 15) is 35.9 Å². The molecule has 13 nitrogen and oxygen atoms in total. The molecule has 0 atom stereocenters. The number of para-hydroxylation sites is 1. The van der Waals surface area contributed by atoms with Crippen molar-refractivity contribution in [2.75, 3.05) is 24.6 Å². The van der Waals surface area contributed by atoms with Gasteiger partial charge in [0.15, 0.2) is 10.3 Å². The Labute approximate surface area is 309 Å². The average molecular weight is 799 g/mol. The highest BCUT2D eigenvalue weighted by atomic mass is 32.1. The molecule has 54 heavy (non-hydrogen) atoms. The molecule has 0 bridgehead atoms. The molecule has 0 aliphatic carbocycles. The summed E-state index contributed by atoms with van der Waals surface area (Å²) in [5.41, 5.74) is 16.7. The van der Waals surface area contributed by atoms with Gasteiger partial charge in [0, 0.05) is 46.1 Å². The molecule has 21 heteroatoms. The van der Waals surface area contributed by atoms with Crippen LogP contribution in [0.4, 0.5) is 36.6 Å². The van der Waals surface area contributed by atoms with Gasteiger partial charge in [-0.1, -0.05) is 36.4 Å². The van der Waals surface area contributed by atoms with Crippen molar-refractivity contribution in [1.82, 2.24) is 20.6 Å². The van der Waals surface area contributed by atoms with Gasteiger partial charge in [0.1, 0.15) is 12.4 Å². The number of alkyl halides is 6. The van der Waals surface area contributed by atoms with Crippen molar-refractivity contribution in [3.63, 3.8) is 0 Å². The number of carbonyl (C=O) groups is 4. The molecule has 2 heterocycles. The number of amides is 2. The number of aliphatic carboxylic acids is 2. The maximum Gasteiger partial charge on any atom is 0.490 e. The maximum atomic E-state index is 12.5. The van der Waals surface area contributed by atoms with Crippen LogP contribution in [-0.2, 0) is 16.2 Å². The summed E-state index contributed by atoms with van der Waals surface area (Å²) >= 11 is 2.75. The molecule has 0 spiro atoms. The number of nitrogens with zero attached hydrogens (tertiary/aromatic N) is 2. The van der Waals surface area contributed by atoms with Crippen LogP contribution in [0.25, 0.3) is 22.5 Å². The van der Waals surface area contributed by atoms with Crippen LogP contribution in [0.1, 0.15) is 26.3 Å². The highest BCUT2D eigenvalue weighted by Gasteiger charge is 2.38. The van der Waals surface area contributed by atoms with Gasteiger partial charge >= 0.3 is 24.3 Å². The molecule has 0 aliphatic heterocycles. The first kappa shape index (κ1) is 42.2. The summed E-state index contributed by atoms with van der Waals surface area (Å²) in [4.78, 5) is 51.4. The summed E-state index contributed by atoms with van der Waals surface area (Å²) in [5.74, 6) is -5.25. The Bertz CT molecular complexity index is 2010. The van der Waals surface area contributed by atoms with E-state index in [4.69, 9.17) is 36.0 Å². The van der Waals surface area contributed by atoms with E-state index in [-0.39, 0.29) is 11.8 Å². The molecule has 0 saturated heterocycles. The lowest BCUT2D eigenvalue weighted by molar-refractivity contribution is -0.193. The van der Waals surface area contributed by atoms with Crippen molar-refractivity contribution in [3.05, 3.63) is 100 Å². The molecule has 0 radical (unpaired) electrons. The number of hydrogen-bond acceptors (Lipinski definition) is 11. The smallest absolute Gasteiger partial charge is 0.488 e. The number of carboxylic acids is 2. The Morgan fingerprint density at radius 3 is 1.52 bits per heavy atom. The van der Waals surface area contributed by atoms with Gasteiger partial charge in [-0.15, -0.1) is 22.7 Å². The Morgan fingerprint density at radius 1 is 0.667 bits per heavy atom. The zero-order valence-corrected chi connectivity index (χ0v) is 28.9. The number of thiazole rings is 2. The van der Waals surface area contributed by atoms with E-state index in [1.54, 1.807) is 24.3 Å². The highest BCUT2D eigenvalue weighted by Crippen LogP contribution is 2.32. The number of benzene rings is 3. The quantitative estimate of drug-likeness (QED) is 0.0700. The van der Waals surface area contributed by atoms with E-state index in [2.05, 4.69) is 20.6 Å². The number of nitrogen functional groups attached to an aromatic ring is 2. The summed E-state index contributed by atoms with van der Waals surface area (Å²) in [6.45, 7) is 0.928. The lowest BCUT2D eigenvalue weighted by Crippen LogP contribution is -2.34. The number of carboxylic acid groups (broad SMARTS) is 2. The summed E-state index contributed by atoms with van der Waals surface area (Å²) in [6.07, 6.45) is -10.2. The van der Waals surface area contributed by atoms with Crippen molar-refractivity contribution in [2.24, 2.45) is 0 Å². The predicted molar refractivity (Wildman–Crippen MR) is 187 cm³/mol. The van der Waals surface area contributed by atoms with Crippen LogP contribution in [0.2, 0.25) is 0 Å². The lowest BCUT2D eigenvalue weighted by atomic mass is 10.1. The van der Waals surface area contributed by atoms with Crippen LogP contribution in [0.15, 0.2) is 83.6 Å². The molecular formula is C33H28F6N6O7S2. The fourth-order valence-corrected chi connectivity index (χ4v) is 5.03. The largest absolute Gasteiger partial charge is 0.490 e. The fraction of sp³-hybridized carbons (Fsp3) is 0.152. The van der Waals surface area contributed by atoms with Crippen molar-refractivity contribution < 1.29 is 60.5 Å². The molecule has 8 N–H and O–H groups in total. The average Bonchev–Trinajstić information content (AvgIpc) is 3.77. The standard InChI is InChI=1S/C29H26N6O3S2.2C2HF3O2/c30-28-34-23(16-39-28)19-9-11-21(12-10-19)27(37)33-14-13-32-26(36)20-7-5-18(6-8-20)15-38-25-4-2-1-3-22(25)24-17-40-29(31)35-24;2*3-2(4,5)1(6)7/h1-12,16-17H,13-15H2,(H2,30,34)(H2,31,35)(H,32,36)(H,33,37);2*(H,6,7). The van der Waals surface area contributed by atoms with Crippen molar-refractivity contribution in [2.45, 2.75) is 19.0 Å². The number of nitrogens with two attached hydrogens (primary N) is 2. The maximum absolute atomic E-state index is 12.5. The number of nitrogens with one attached hydrogen (secondary N) is 2. The molecule has 2 amide bonds. The third-order valence-corrected chi connectivity index (χ3v) is 7.79. The van der Waals surface area contributed by atoms with E-state index in [1.165, 1.54) is 22.7 Å². The number of anilines is 2. The molecule has 3 aromatic carbocycles. The van der Waals surface area contributed by atoms with Gasteiger partial charge < -0.3 is 37.1 Å². The first-order valence-electron chi connectivity index (χ1n) is 14.8. The SMILES string of the molecule is Nc1nc(-c2ccc(C(=O)NCCNC(=O)c3ccc(COc4ccccc4-c4csc(N)n4)cc3)cc2)cs1.O=C(O)C(F)(F)F.O=C(O)C(F)(F)F. The van der Waals surface area contributed by atoms with Gasteiger partial charge in [0.05, 0.1) is 11.4 Å². The van der Waals surface area contributed by atoms with E-state index >= 15 is 0 Å². The second-order valence-corrected chi connectivity index (χ2v) is 12.1. The minimum absolute atomic E-state index is 0.220. The van der Waals surface area contributed by atoms with Gasteiger partial charge in [-0.25, -0.2) is 19.6 Å². The Kier molecular flexibility index (Phi) is 14.9. The third kappa shape index (κ3) is 13.4. The summed E-state index contributed by atoms with van der Waals surface area (Å²) in [5, 5.41) is 24.7. The molecular weight excluding hydrogens is 771 g/mol. The first-order valence-corrected chi connectivity index (χ1v) is 16.6. The lowest BCUT2D eigenvalue weighted by Gasteiger charge is -2.11. The highest BCUT2D eigenvalue weighted by molar-refractivity contribution is 7.14. The number of rotatable bonds is 10. The Morgan fingerprint density at radius 2 is 1.09 bits per heavy atom. The van der Waals surface area contributed by atoms with Crippen LogP contribution >= 0.6 is 22.7 Å². The van der Waals surface area contributed by atoms with Crippen LogP contribution in [0.3, 0.4) is 0 Å². The number of halogens is 6. The summed E-state index contributed by atoms with van der Waals surface area (Å²) in [7, 11) is 0. The van der Waals surface area contributed by atoms with Gasteiger partial charge in [-0.3, -0.25) is 9.59 Å². The number of aromatic nitrogens is 2. The zero-order valence-electron chi connectivity index (χ0n) is 27.3. The molecule has 0 unspecified atom stereocenters. The number of ether oxygens (including phenoxy) is 1.